The molecule has 3 aromatic rings. The molecule has 2 aromatic heterocycles. The number of aromatic nitrogens is 1. The first-order valence-electron chi connectivity index (χ1n) is 11.6. The van der Waals surface area contributed by atoms with Gasteiger partial charge < -0.3 is 31.2 Å². The lowest BCUT2D eigenvalue weighted by Gasteiger charge is -2.28. The number of nitrogens with zero attached hydrogens (tertiary/aromatic N) is 2. The number of carbonyl (C=O) groups excluding carboxylic acids is 1. The van der Waals surface area contributed by atoms with E-state index in [1.165, 1.54) is 11.3 Å². The summed E-state index contributed by atoms with van der Waals surface area (Å²) in [6, 6.07) is 10.2. The maximum Gasteiger partial charge on any atom is 0.263 e. The molecule has 180 valence electrons. The summed E-state index contributed by atoms with van der Waals surface area (Å²) in [4.78, 5) is 21.1. The van der Waals surface area contributed by atoms with Crippen LogP contribution in [-0.2, 0) is 11.2 Å². The van der Waals surface area contributed by atoms with E-state index in [-0.39, 0.29) is 18.0 Å². The first kappa shape index (κ1) is 22.9. The Morgan fingerprint density at radius 2 is 2.18 bits per heavy atom. The molecule has 8 nitrogen and oxygen atoms in total. The third-order valence-corrected chi connectivity index (χ3v) is 7.90. The number of nitrogens with two attached hydrogens (primary N) is 2. The maximum atomic E-state index is 13.0. The number of anilines is 2. The normalized spacial score (nSPS) is 22.0. The van der Waals surface area contributed by atoms with Gasteiger partial charge in [0.2, 0.25) is 0 Å². The number of thiophene rings is 1. The average Bonchev–Trinajstić information content (AvgIpc) is 3.36. The molecule has 4 heterocycles. The maximum absolute atomic E-state index is 13.0. The second-order valence-corrected chi connectivity index (χ2v) is 10.2. The Morgan fingerprint density at radius 1 is 1.32 bits per heavy atom. The van der Waals surface area contributed by atoms with E-state index < -0.39 is 0 Å². The molecule has 2 aliphatic rings. The van der Waals surface area contributed by atoms with Crippen molar-refractivity contribution in [2.45, 2.75) is 31.8 Å². The van der Waals surface area contributed by atoms with Crippen molar-refractivity contribution in [1.29, 1.82) is 0 Å². The number of rotatable bonds is 6. The van der Waals surface area contributed by atoms with Gasteiger partial charge in [-0.3, -0.25) is 4.79 Å². The summed E-state index contributed by atoms with van der Waals surface area (Å²) >= 11 is 1.33. The first-order valence-corrected chi connectivity index (χ1v) is 12.5. The molecule has 1 unspecified atom stereocenters. The van der Waals surface area contributed by atoms with Crippen molar-refractivity contribution in [2.24, 2.45) is 11.7 Å². The number of fused-ring (bicyclic) bond motifs is 2. The van der Waals surface area contributed by atoms with Gasteiger partial charge in [-0.15, -0.1) is 11.3 Å². The molecule has 5 rings (SSSR count). The number of nitrogen functional groups attached to an aromatic ring is 1. The number of nitrogens with one attached hydrogen (secondary N) is 1. The Hall–Kier alpha value is -2.88. The summed E-state index contributed by atoms with van der Waals surface area (Å²) in [6.45, 7) is 4.83. The molecule has 0 aliphatic carbocycles. The van der Waals surface area contributed by atoms with Crippen LogP contribution >= 0.6 is 11.3 Å². The highest BCUT2D eigenvalue weighted by molar-refractivity contribution is 7.21. The van der Waals surface area contributed by atoms with Crippen LogP contribution in [0.2, 0.25) is 0 Å². The number of methoxy groups -OCH3 is 1. The molecule has 2 aliphatic heterocycles. The SMILES string of the molecule is COCCC1CN(c2ccc3c(c2)OC[C@H](NC(=O)c2sc4nc(C)ccc4c2N)C3)C[C@H]1N. The molecule has 1 amide bonds. The van der Waals surface area contributed by atoms with Crippen molar-refractivity contribution >= 4 is 38.8 Å². The van der Waals surface area contributed by atoms with Gasteiger partial charge in [0.25, 0.3) is 5.91 Å². The van der Waals surface area contributed by atoms with Crippen molar-refractivity contribution in [3.8, 4) is 5.75 Å². The number of amides is 1. The van der Waals surface area contributed by atoms with Gasteiger partial charge in [-0.25, -0.2) is 4.98 Å². The minimum absolute atomic E-state index is 0.121. The fourth-order valence-electron chi connectivity index (χ4n) is 4.84. The second kappa shape index (κ2) is 9.40. The number of hydrogen-bond acceptors (Lipinski definition) is 8. The Labute approximate surface area is 203 Å². The van der Waals surface area contributed by atoms with Gasteiger partial charge >= 0.3 is 0 Å². The molecular weight excluding hydrogens is 450 g/mol. The third-order valence-electron chi connectivity index (χ3n) is 6.78. The van der Waals surface area contributed by atoms with E-state index in [0.29, 0.717) is 29.5 Å². The molecule has 5 N–H and O–H groups in total. The Kier molecular flexibility index (Phi) is 6.33. The Balaban J connectivity index is 1.24. The fourth-order valence-corrected chi connectivity index (χ4v) is 5.88. The summed E-state index contributed by atoms with van der Waals surface area (Å²) in [7, 11) is 1.73. The van der Waals surface area contributed by atoms with Gasteiger partial charge in [0.15, 0.2) is 0 Å². The zero-order valence-corrected chi connectivity index (χ0v) is 20.4. The van der Waals surface area contributed by atoms with Crippen LogP contribution in [0.15, 0.2) is 30.3 Å². The lowest BCUT2D eigenvalue weighted by atomic mass is 10.0. The molecule has 1 aromatic carbocycles. The van der Waals surface area contributed by atoms with Crippen LogP contribution in [0.4, 0.5) is 11.4 Å². The van der Waals surface area contributed by atoms with Gasteiger partial charge in [0.1, 0.15) is 22.1 Å². The van der Waals surface area contributed by atoms with Crippen molar-refractivity contribution in [3.05, 3.63) is 46.5 Å². The summed E-state index contributed by atoms with van der Waals surface area (Å²) in [5, 5.41) is 3.92. The van der Waals surface area contributed by atoms with Crippen molar-refractivity contribution < 1.29 is 14.3 Å². The highest BCUT2D eigenvalue weighted by Crippen LogP contribution is 2.34. The van der Waals surface area contributed by atoms with Crippen LogP contribution in [0.25, 0.3) is 10.2 Å². The lowest BCUT2D eigenvalue weighted by Crippen LogP contribution is -2.42. The Morgan fingerprint density at radius 3 is 3.00 bits per heavy atom. The number of benzene rings is 1. The monoisotopic (exact) mass is 481 g/mol. The smallest absolute Gasteiger partial charge is 0.263 e. The van der Waals surface area contributed by atoms with Crippen LogP contribution in [0.3, 0.4) is 0 Å². The summed E-state index contributed by atoms with van der Waals surface area (Å²) < 4.78 is 11.3. The highest BCUT2D eigenvalue weighted by Gasteiger charge is 2.31. The topological polar surface area (TPSA) is 116 Å². The summed E-state index contributed by atoms with van der Waals surface area (Å²) in [5.74, 6) is 1.12. The molecule has 0 saturated carbocycles. The Bertz CT molecular complexity index is 1210. The van der Waals surface area contributed by atoms with Gasteiger partial charge in [0.05, 0.1) is 11.7 Å². The van der Waals surface area contributed by atoms with E-state index >= 15 is 0 Å². The molecule has 9 heteroatoms. The van der Waals surface area contributed by atoms with E-state index in [1.807, 2.05) is 19.1 Å². The molecule has 0 bridgehead atoms. The van der Waals surface area contributed by atoms with E-state index in [1.54, 1.807) is 7.11 Å². The second-order valence-electron chi connectivity index (χ2n) is 9.24. The minimum Gasteiger partial charge on any atom is -0.491 e. The number of aryl methyl sites for hydroxylation is 1. The van der Waals surface area contributed by atoms with Crippen LogP contribution < -0.4 is 26.4 Å². The average molecular weight is 482 g/mol. The zero-order chi connectivity index (χ0) is 23.8. The quantitative estimate of drug-likeness (QED) is 0.496. The predicted molar refractivity (Wildman–Crippen MR) is 136 cm³/mol. The number of pyridine rings is 1. The largest absolute Gasteiger partial charge is 0.491 e. The molecular formula is C25H31N5O3S. The lowest BCUT2D eigenvalue weighted by molar-refractivity contribution is 0.0920. The van der Waals surface area contributed by atoms with Crippen molar-refractivity contribution in [1.82, 2.24) is 10.3 Å². The molecule has 1 saturated heterocycles. The van der Waals surface area contributed by atoms with E-state index in [2.05, 4.69) is 33.4 Å². The summed E-state index contributed by atoms with van der Waals surface area (Å²) in [6.07, 6.45) is 1.68. The standard InChI is InChI=1S/C25H31N5O3S/c1-14-3-6-19-22(27)23(34-25(19)28-14)24(31)29-17-9-15-4-5-18(10-21(15)33-13-17)30-11-16(7-8-32-2)20(26)12-30/h3-6,10,16-17,20H,7-9,11-13,26-27H2,1-2H3,(H,29,31)/t16?,17-,20-/m1/s1. The van der Waals surface area contributed by atoms with Crippen LogP contribution in [0, 0.1) is 12.8 Å². The van der Waals surface area contributed by atoms with E-state index in [9.17, 15) is 4.79 Å². The van der Waals surface area contributed by atoms with Crippen LogP contribution in [0.5, 0.6) is 5.75 Å². The molecule has 0 radical (unpaired) electrons. The summed E-state index contributed by atoms with van der Waals surface area (Å²) in [5.41, 5.74) is 16.2. The van der Waals surface area contributed by atoms with E-state index in [0.717, 1.165) is 59.0 Å². The fraction of sp³-hybridized carbons (Fsp3) is 0.440. The van der Waals surface area contributed by atoms with Crippen molar-refractivity contribution in [3.63, 3.8) is 0 Å². The minimum atomic E-state index is -0.181. The number of carbonyl (C=O) groups is 1. The zero-order valence-electron chi connectivity index (χ0n) is 19.5. The van der Waals surface area contributed by atoms with Gasteiger partial charge in [-0.2, -0.15) is 0 Å². The first-order chi connectivity index (χ1) is 16.4. The predicted octanol–water partition coefficient (Wildman–Crippen LogP) is 2.72. The highest BCUT2D eigenvalue weighted by atomic mass is 32.1. The van der Waals surface area contributed by atoms with Crippen LogP contribution in [0.1, 0.15) is 27.3 Å². The van der Waals surface area contributed by atoms with E-state index in [4.69, 9.17) is 20.9 Å². The molecule has 34 heavy (non-hydrogen) atoms. The van der Waals surface area contributed by atoms with Crippen molar-refractivity contribution in [2.75, 3.05) is 44.0 Å². The van der Waals surface area contributed by atoms with Crippen LogP contribution in [-0.4, -0.2) is 56.4 Å². The molecule has 3 atom stereocenters. The van der Waals surface area contributed by atoms with Gasteiger partial charge in [-0.1, -0.05) is 6.07 Å². The third kappa shape index (κ3) is 4.43. The number of hydrogen-bond donors (Lipinski definition) is 3. The number of ether oxygens (including phenoxy) is 2. The molecule has 0 spiro atoms. The van der Waals surface area contributed by atoms with Gasteiger partial charge in [0, 0.05) is 55.7 Å². The molecule has 1 fully saturated rings. The van der Waals surface area contributed by atoms with Gasteiger partial charge in [-0.05, 0) is 49.4 Å².